The molecule has 2 heterocycles. The lowest BCUT2D eigenvalue weighted by Crippen LogP contribution is -2.35. The number of pyridine rings is 1. The number of hydrogen-bond donors (Lipinski definition) is 1. The molecule has 0 aliphatic carbocycles. The van der Waals surface area contributed by atoms with E-state index in [4.69, 9.17) is 9.47 Å². The fraction of sp³-hybridized carbons (Fsp3) is 0.526. The Morgan fingerprint density at radius 2 is 1.90 bits per heavy atom. The van der Waals surface area contributed by atoms with Crippen LogP contribution in [0.25, 0.3) is 11.0 Å². The van der Waals surface area contributed by atoms with Gasteiger partial charge in [-0.3, -0.25) is 0 Å². The number of halogens is 3. The van der Waals surface area contributed by atoms with E-state index in [1.54, 1.807) is 34.6 Å². The van der Waals surface area contributed by atoms with Crippen LogP contribution >= 0.6 is 0 Å². The molecule has 0 fully saturated rings. The molecule has 0 saturated carbocycles. The molecule has 10 heteroatoms. The molecular weight excluding hydrogens is 391 g/mol. The van der Waals surface area contributed by atoms with Gasteiger partial charge in [0.1, 0.15) is 16.9 Å². The maximum absolute atomic E-state index is 13.0. The van der Waals surface area contributed by atoms with Crippen molar-refractivity contribution < 1.29 is 32.2 Å². The van der Waals surface area contributed by atoms with Crippen molar-refractivity contribution in [3.63, 3.8) is 0 Å². The van der Waals surface area contributed by atoms with E-state index < -0.39 is 35.4 Å². The maximum atomic E-state index is 13.0. The lowest BCUT2D eigenvalue weighted by atomic mass is 10.2. The summed E-state index contributed by atoms with van der Waals surface area (Å²) in [6, 6.07) is 1.72. The quantitative estimate of drug-likeness (QED) is 0.736. The Labute approximate surface area is 166 Å². The van der Waals surface area contributed by atoms with E-state index >= 15 is 0 Å². The summed E-state index contributed by atoms with van der Waals surface area (Å²) < 4.78 is 50.7. The molecule has 0 spiro atoms. The van der Waals surface area contributed by atoms with Crippen LogP contribution in [-0.2, 0) is 15.7 Å². The number of nitrogens with one attached hydrogen (secondary N) is 1. The predicted octanol–water partition coefficient (Wildman–Crippen LogP) is 4.32. The molecule has 1 N–H and O–H groups in total. The van der Waals surface area contributed by atoms with Crippen LogP contribution in [0.5, 0.6) is 0 Å². The molecule has 0 saturated heterocycles. The molecule has 0 bridgehead atoms. The summed E-state index contributed by atoms with van der Waals surface area (Å²) in [6.07, 6.45) is -4.50. The number of ether oxygens (including phenoxy) is 2. The first-order valence-corrected chi connectivity index (χ1v) is 9.05. The summed E-state index contributed by atoms with van der Waals surface area (Å²) in [5.41, 5.74) is -1.37. The smallest absolute Gasteiger partial charge is 0.417 e. The van der Waals surface area contributed by atoms with Crippen LogP contribution in [0, 0.1) is 0 Å². The molecule has 2 rings (SSSR count). The minimum Gasteiger partial charge on any atom is -0.461 e. The highest BCUT2D eigenvalue weighted by Gasteiger charge is 2.32. The van der Waals surface area contributed by atoms with E-state index in [9.17, 15) is 22.8 Å². The van der Waals surface area contributed by atoms with Gasteiger partial charge in [-0.1, -0.05) is 0 Å². The number of carbonyl (C=O) groups excluding carboxylic acids is 2. The molecule has 2 aromatic heterocycles. The molecule has 7 nitrogen and oxygen atoms in total. The van der Waals surface area contributed by atoms with Gasteiger partial charge in [-0.2, -0.15) is 13.2 Å². The normalized spacial score (nSPS) is 13.2. The number of nitrogens with zero attached hydrogens (tertiary/aromatic N) is 2. The van der Waals surface area contributed by atoms with Crippen LogP contribution in [0.3, 0.4) is 0 Å². The number of hydrogen-bond acceptors (Lipinski definition) is 5. The Morgan fingerprint density at radius 1 is 1.24 bits per heavy atom. The first-order valence-electron chi connectivity index (χ1n) is 9.05. The molecule has 1 amide bonds. The summed E-state index contributed by atoms with van der Waals surface area (Å²) >= 11 is 0. The van der Waals surface area contributed by atoms with Gasteiger partial charge in [-0.15, -0.1) is 0 Å². The van der Waals surface area contributed by atoms with E-state index in [1.165, 1.54) is 10.6 Å². The number of alkyl carbamates (subject to hydrolysis) is 1. The van der Waals surface area contributed by atoms with Gasteiger partial charge in [0.25, 0.3) is 0 Å². The fourth-order valence-electron chi connectivity index (χ4n) is 2.71. The van der Waals surface area contributed by atoms with Crippen molar-refractivity contribution in [1.82, 2.24) is 14.9 Å². The van der Waals surface area contributed by atoms with Crippen LogP contribution in [0.15, 0.2) is 18.3 Å². The topological polar surface area (TPSA) is 82.5 Å². The van der Waals surface area contributed by atoms with Crippen molar-refractivity contribution >= 4 is 23.1 Å². The van der Waals surface area contributed by atoms with Crippen LogP contribution < -0.4 is 5.32 Å². The summed E-state index contributed by atoms with van der Waals surface area (Å²) in [6.45, 7) is 8.64. The van der Waals surface area contributed by atoms with Crippen molar-refractivity contribution in [1.29, 1.82) is 0 Å². The van der Waals surface area contributed by atoms with E-state index in [0.29, 0.717) is 6.20 Å². The van der Waals surface area contributed by atoms with E-state index in [2.05, 4.69) is 10.3 Å². The number of rotatable bonds is 5. The lowest BCUT2D eigenvalue weighted by Gasteiger charge is -2.22. The average Bonchev–Trinajstić information content (AvgIpc) is 2.96. The number of esters is 1. The zero-order valence-corrected chi connectivity index (χ0v) is 16.9. The zero-order valence-electron chi connectivity index (χ0n) is 16.9. The predicted molar refractivity (Wildman–Crippen MR) is 99.6 cm³/mol. The highest BCUT2D eigenvalue weighted by molar-refractivity contribution is 5.94. The number of amides is 1. The van der Waals surface area contributed by atoms with Gasteiger partial charge >= 0.3 is 18.2 Å². The fourth-order valence-corrected chi connectivity index (χ4v) is 2.71. The molecule has 0 aromatic carbocycles. The Hall–Kier alpha value is -2.78. The SMILES string of the molecule is CCOC(=O)c1cc2cc(C(F)(F)F)cnc2n1[C@H](C)CNC(=O)OC(C)(C)C. The summed E-state index contributed by atoms with van der Waals surface area (Å²) in [5, 5.41) is 2.73. The molecule has 0 aliphatic heterocycles. The second-order valence-corrected chi connectivity index (χ2v) is 7.49. The Kier molecular flexibility index (Phi) is 6.44. The van der Waals surface area contributed by atoms with Crippen LogP contribution in [0.1, 0.15) is 56.7 Å². The number of aromatic nitrogens is 2. The molecule has 0 unspecified atom stereocenters. The van der Waals surface area contributed by atoms with Crippen LogP contribution in [-0.4, -0.2) is 40.4 Å². The van der Waals surface area contributed by atoms with Crippen LogP contribution in [0.2, 0.25) is 0 Å². The van der Waals surface area contributed by atoms with Gasteiger partial charge < -0.3 is 19.4 Å². The lowest BCUT2D eigenvalue weighted by molar-refractivity contribution is -0.137. The Balaban J connectivity index is 2.39. The third kappa shape index (κ3) is 5.61. The third-order valence-corrected chi connectivity index (χ3v) is 3.87. The van der Waals surface area contributed by atoms with Gasteiger partial charge in [0.2, 0.25) is 0 Å². The van der Waals surface area contributed by atoms with Gasteiger partial charge in [-0.25, -0.2) is 14.6 Å². The molecule has 0 radical (unpaired) electrons. The van der Waals surface area contributed by atoms with E-state index in [1.807, 2.05) is 0 Å². The monoisotopic (exact) mass is 415 g/mol. The van der Waals surface area contributed by atoms with Crippen molar-refractivity contribution in [3.05, 3.63) is 29.6 Å². The van der Waals surface area contributed by atoms with E-state index in [0.717, 1.165) is 6.07 Å². The Morgan fingerprint density at radius 3 is 2.45 bits per heavy atom. The molecule has 29 heavy (non-hydrogen) atoms. The van der Waals surface area contributed by atoms with Crippen molar-refractivity contribution in [3.8, 4) is 0 Å². The average molecular weight is 415 g/mol. The van der Waals surface area contributed by atoms with Gasteiger partial charge in [0.15, 0.2) is 0 Å². The summed E-state index contributed by atoms with van der Waals surface area (Å²) in [4.78, 5) is 28.1. The molecular formula is C19H24F3N3O4. The third-order valence-electron chi connectivity index (χ3n) is 3.87. The minimum atomic E-state index is -4.56. The first-order chi connectivity index (χ1) is 13.3. The van der Waals surface area contributed by atoms with Crippen LogP contribution in [0.4, 0.5) is 18.0 Å². The first kappa shape index (κ1) is 22.5. The maximum Gasteiger partial charge on any atom is 0.417 e. The molecule has 0 aliphatic rings. The van der Waals surface area contributed by atoms with Gasteiger partial charge in [0.05, 0.1) is 18.2 Å². The van der Waals surface area contributed by atoms with Crippen molar-refractivity contribution in [2.75, 3.05) is 13.2 Å². The van der Waals surface area contributed by atoms with Gasteiger partial charge in [-0.05, 0) is 46.8 Å². The highest BCUT2D eigenvalue weighted by Crippen LogP contribution is 2.32. The second-order valence-electron chi connectivity index (χ2n) is 7.49. The number of carbonyl (C=O) groups is 2. The Bertz CT molecular complexity index is 900. The largest absolute Gasteiger partial charge is 0.461 e. The number of alkyl halides is 3. The second kappa shape index (κ2) is 8.30. The van der Waals surface area contributed by atoms with E-state index in [-0.39, 0.29) is 29.9 Å². The minimum absolute atomic E-state index is 0.0483. The van der Waals surface area contributed by atoms with Crippen molar-refractivity contribution in [2.45, 2.75) is 52.4 Å². The molecule has 2 aromatic rings. The summed E-state index contributed by atoms with van der Waals surface area (Å²) in [7, 11) is 0. The molecule has 160 valence electrons. The standard InChI is InChI=1S/C19H24F3N3O4/c1-6-28-16(26)14-8-12-7-13(19(20,21)22)10-23-15(12)25(14)11(2)9-24-17(27)29-18(3,4)5/h7-8,10-11H,6,9H2,1-5H3,(H,24,27)/t11-/m1/s1. The molecule has 1 atom stereocenters. The number of fused-ring (bicyclic) bond motifs is 1. The van der Waals surface area contributed by atoms with Crippen molar-refractivity contribution in [2.24, 2.45) is 0 Å². The summed E-state index contributed by atoms with van der Waals surface area (Å²) in [5.74, 6) is -0.692. The highest BCUT2D eigenvalue weighted by atomic mass is 19.4. The van der Waals surface area contributed by atoms with Gasteiger partial charge in [0, 0.05) is 18.1 Å². The zero-order chi connectivity index (χ0) is 22.0.